The van der Waals surface area contributed by atoms with Gasteiger partial charge in [0.15, 0.2) is 0 Å². The van der Waals surface area contributed by atoms with Crippen molar-refractivity contribution in [1.29, 1.82) is 0 Å². The Labute approximate surface area is 177 Å². The molecule has 3 aromatic rings. The molecule has 4 heteroatoms. The fraction of sp³-hybridized carbons (Fsp3) is 0.125. The molecule has 1 heterocycles. The van der Waals surface area contributed by atoms with E-state index in [1.165, 1.54) is 5.56 Å². The van der Waals surface area contributed by atoms with Gasteiger partial charge < -0.3 is 0 Å². The molecule has 0 unspecified atom stereocenters. The van der Waals surface area contributed by atoms with E-state index in [-0.39, 0.29) is 17.1 Å². The van der Waals surface area contributed by atoms with Gasteiger partial charge in [0.25, 0.3) is 0 Å². The van der Waals surface area contributed by atoms with E-state index in [0.29, 0.717) is 0 Å². The first kappa shape index (κ1) is 21.5. The molecule has 0 saturated carbocycles. The summed E-state index contributed by atoms with van der Waals surface area (Å²) >= 11 is 0. The minimum Gasteiger partial charge on any atom is -0.252 e. The number of nitrogens with zero attached hydrogens (tertiary/aromatic N) is 3. The number of allylic oxidation sites excluding steroid dienone is 1. The van der Waals surface area contributed by atoms with Gasteiger partial charge in [-0.2, -0.15) is 0 Å². The molecule has 0 N–H and O–H groups in total. The zero-order valence-electron chi connectivity index (χ0n) is 16.1. The zero-order valence-corrected chi connectivity index (χ0v) is 17.2. The molecule has 1 aromatic heterocycles. The first-order chi connectivity index (χ1) is 13.2. The van der Waals surface area contributed by atoms with Crippen molar-refractivity contribution in [3.8, 4) is 0 Å². The van der Waals surface area contributed by atoms with E-state index in [2.05, 4.69) is 23.7 Å². The van der Waals surface area contributed by atoms with Gasteiger partial charge in [-0.05, 0) is 62.2 Å². The molecule has 3 nitrogen and oxygen atoms in total. The van der Waals surface area contributed by atoms with Gasteiger partial charge in [-0.3, -0.25) is 9.98 Å². The Morgan fingerprint density at radius 1 is 0.786 bits per heavy atom. The van der Waals surface area contributed by atoms with Crippen LogP contribution in [-0.4, -0.2) is 16.4 Å². The molecule has 28 heavy (non-hydrogen) atoms. The van der Waals surface area contributed by atoms with Crippen LogP contribution in [0.5, 0.6) is 0 Å². The Kier molecular flexibility index (Phi) is 8.06. The molecule has 0 spiro atoms. The van der Waals surface area contributed by atoms with Gasteiger partial charge in [0.1, 0.15) is 0 Å². The maximum Gasteiger partial charge on any atom is 0.0849 e. The second kappa shape index (κ2) is 10.5. The third kappa shape index (κ3) is 5.85. The third-order valence-corrected chi connectivity index (χ3v) is 4.16. The molecule has 0 bridgehead atoms. The fourth-order valence-electron chi connectivity index (χ4n) is 2.72. The predicted molar refractivity (Wildman–Crippen MR) is 115 cm³/mol. The van der Waals surface area contributed by atoms with Crippen molar-refractivity contribution < 1.29 is 17.1 Å². The van der Waals surface area contributed by atoms with Gasteiger partial charge in [0.05, 0.1) is 34.2 Å². The Morgan fingerprint density at radius 3 is 1.86 bits per heavy atom. The minimum absolute atomic E-state index is 0. The van der Waals surface area contributed by atoms with Crippen LogP contribution in [0, 0.1) is 0 Å². The van der Waals surface area contributed by atoms with Crippen LogP contribution in [0.3, 0.4) is 0 Å². The Morgan fingerprint density at radius 2 is 1.32 bits per heavy atom. The normalized spacial score (nSPS) is 11.6. The molecule has 0 aliphatic heterocycles. The molecule has 0 aliphatic rings. The molecule has 0 amide bonds. The van der Waals surface area contributed by atoms with Crippen molar-refractivity contribution in [3.63, 3.8) is 0 Å². The van der Waals surface area contributed by atoms with E-state index < -0.39 is 0 Å². The summed E-state index contributed by atoms with van der Waals surface area (Å²) in [6, 6.07) is 24.1. The monoisotopic (exact) mass is 409 g/mol. The van der Waals surface area contributed by atoms with Crippen LogP contribution in [0.2, 0.25) is 0 Å². The molecule has 142 valence electrons. The number of aliphatic imine (C=N–C) groups is 2. The van der Waals surface area contributed by atoms with Crippen LogP contribution in [-0.2, 0) is 23.5 Å². The van der Waals surface area contributed by atoms with Crippen molar-refractivity contribution >= 4 is 22.8 Å². The third-order valence-electron chi connectivity index (χ3n) is 4.16. The van der Waals surface area contributed by atoms with Gasteiger partial charge in [-0.1, -0.05) is 42.5 Å². The van der Waals surface area contributed by atoms with Crippen LogP contribution in [0.15, 0.2) is 95.4 Å². The van der Waals surface area contributed by atoms with E-state index >= 15 is 0 Å². The summed E-state index contributed by atoms with van der Waals surface area (Å²) in [6.07, 6.45) is 2.77. The van der Waals surface area contributed by atoms with Crippen LogP contribution >= 0.6 is 0 Å². The van der Waals surface area contributed by atoms with Gasteiger partial charge in [-0.15, -0.1) is 6.58 Å². The summed E-state index contributed by atoms with van der Waals surface area (Å²) in [5.41, 5.74) is 6.53. The fourth-order valence-corrected chi connectivity index (χ4v) is 2.72. The molecule has 0 atom stereocenters. The topological polar surface area (TPSA) is 37.6 Å². The van der Waals surface area contributed by atoms with Crippen LogP contribution in [0.25, 0.3) is 0 Å². The van der Waals surface area contributed by atoms with Crippen molar-refractivity contribution in [2.45, 2.75) is 20.3 Å². The van der Waals surface area contributed by atoms with Crippen molar-refractivity contribution in [2.75, 3.05) is 0 Å². The smallest absolute Gasteiger partial charge is 0.0849 e. The van der Waals surface area contributed by atoms with Crippen LogP contribution in [0.1, 0.15) is 30.8 Å². The first-order valence-electron chi connectivity index (χ1n) is 8.99. The SMILES string of the molecule is C=CCc1ccc(/N=C(/C)c2cccc(/C(C)=N/c3ccccc3)n2)cc1.[Fe]. The van der Waals surface area contributed by atoms with E-state index in [9.17, 15) is 0 Å². The Balaban J connectivity index is 0.00000280. The average Bonchev–Trinajstić information content (AvgIpc) is 2.70. The number of rotatable bonds is 6. The van der Waals surface area contributed by atoms with Crippen LogP contribution in [0.4, 0.5) is 11.4 Å². The molecule has 2 aromatic carbocycles. The summed E-state index contributed by atoms with van der Waals surface area (Å²) in [5.74, 6) is 0. The second-order valence-electron chi connectivity index (χ2n) is 6.30. The van der Waals surface area contributed by atoms with E-state index in [1.807, 2.05) is 80.6 Å². The van der Waals surface area contributed by atoms with Gasteiger partial charge in [-0.25, -0.2) is 4.98 Å². The van der Waals surface area contributed by atoms with E-state index in [0.717, 1.165) is 40.6 Å². The zero-order chi connectivity index (χ0) is 19.1. The summed E-state index contributed by atoms with van der Waals surface area (Å²) in [6.45, 7) is 7.73. The predicted octanol–water partition coefficient (Wildman–Crippen LogP) is 6.09. The molecular formula is C24H23FeN3. The molecule has 0 saturated heterocycles. The van der Waals surface area contributed by atoms with Crippen LogP contribution < -0.4 is 0 Å². The molecule has 0 aliphatic carbocycles. The Bertz CT molecular complexity index is 974. The Hall–Kier alpha value is -2.81. The van der Waals surface area contributed by atoms with Crippen molar-refractivity contribution in [1.82, 2.24) is 4.98 Å². The average molecular weight is 409 g/mol. The number of hydrogen-bond acceptors (Lipinski definition) is 3. The second-order valence-corrected chi connectivity index (χ2v) is 6.30. The van der Waals surface area contributed by atoms with Gasteiger partial charge in [0.2, 0.25) is 0 Å². The standard InChI is InChI=1S/C24H23N3.Fe/c1-4-9-20-14-16-22(17-15-20)26-19(3)24-13-8-12-23(27-24)18(2)25-21-10-6-5-7-11-21;/h4-8,10-17H,1,9H2,2-3H3;/b25-18+,26-19-;. The number of pyridine rings is 1. The summed E-state index contributed by atoms with van der Waals surface area (Å²) in [5, 5.41) is 0. The number of aromatic nitrogens is 1. The number of hydrogen-bond donors (Lipinski definition) is 0. The number of para-hydroxylation sites is 1. The summed E-state index contributed by atoms with van der Waals surface area (Å²) < 4.78 is 0. The first-order valence-corrected chi connectivity index (χ1v) is 8.99. The summed E-state index contributed by atoms with van der Waals surface area (Å²) in [4.78, 5) is 14.1. The maximum absolute atomic E-state index is 4.74. The number of benzene rings is 2. The quantitative estimate of drug-likeness (QED) is 0.276. The molecule has 0 fully saturated rings. The minimum atomic E-state index is 0. The van der Waals surface area contributed by atoms with Gasteiger partial charge in [0, 0.05) is 17.1 Å². The maximum atomic E-state index is 4.74. The van der Waals surface area contributed by atoms with E-state index in [4.69, 9.17) is 9.98 Å². The van der Waals surface area contributed by atoms with Crippen molar-refractivity contribution in [3.05, 3.63) is 102 Å². The van der Waals surface area contributed by atoms with Gasteiger partial charge >= 0.3 is 0 Å². The largest absolute Gasteiger partial charge is 0.252 e. The van der Waals surface area contributed by atoms with Crippen molar-refractivity contribution in [2.24, 2.45) is 9.98 Å². The molecular weight excluding hydrogens is 386 g/mol. The summed E-state index contributed by atoms with van der Waals surface area (Å²) in [7, 11) is 0. The molecule has 3 rings (SSSR count). The van der Waals surface area contributed by atoms with E-state index in [1.54, 1.807) is 0 Å². The molecule has 0 radical (unpaired) electrons.